The number of rotatable bonds is 5. The molecule has 2 N–H and O–H groups in total. The molecule has 0 spiro atoms. The van der Waals surface area contributed by atoms with Gasteiger partial charge in [0.2, 0.25) is 10.0 Å². The van der Waals surface area contributed by atoms with Crippen LogP contribution in [0.1, 0.15) is 6.42 Å². The fourth-order valence-electron chi connectivity index (χ4n) is 2.18. The average molecular weight is 263 g/mol. The smallest absolute Gasteiger partial charge is 0.215 e. The number of ether oxygens (including phenoxy) is 1. The van der Waals surface area contributed by atoms with Gasteiger partial charge in [-0.25, -0.2) is 13.1 Å². The van der Waals surface area contributed by atoms with Crippen molar-refractivity contribution in [1.29, 1.82) is 0 Å². The van der Waals surface area contributed by atoms with E-state index in [1.807, 2.05) is 0 Å². The normalized spacial score (nSPS) is 27.4. The van der Waals surface area contributed by atoms with Crippen LogP contribution in [0, 0.1) is 0 Å². The minimum atomic E-state index is -3.13. The molecule has 0 radical (unpaired) electrons. The molecule has 1 unspecified atom stereocenters. The Labute approximate surface area is 103 Å². The van der Waals surface area contributed by atoms with Crippen molar-refractivity contribution in [3.05, 3.63) is 0 Å². The predicted octanol–water partition coefficient (Wildman–Crippen LogP) is -1.40. The third kappa shape index (κ3) is 3.89. The molecule has 0 saturated carbocycles. The summed E-state index contributed by atoms with van der Waals surface area (Å²) >= 11 is 0. The van der Waals surface area contributed by atoms with Gasteiger partial charge in [0.05, 0.1) is 18.5 Å². The van der Waals surface area contributed by atoms with Crippen LogP contribution >= 0.6 is 0 Å². The highest BCUT2D eigenvalue weighted by molar-refractivity contribution is 7.90. The molecule has 2 fully saturated rings. The Bertz CT molecular complexity index is 322. The van der Waals surface area contributed by atoms with Crippen molar-refractivity contribution >= 4 is 10.0 Å². The lowest BCUT2D eigenvalue weighted by Gasteiger charge is -2.26. The molecule has 100 valence electrons. The van der Waals surface area contributed by atoms with E-state index in [2.05, 4.69) is 14.9 Å². The number of sulfonamides is 1. The molecule has 2 saturated heterocycles. The Hall–Kier alpha value is -0.210. The monoisotopic (exact) mass is 263 g/mol. The molecule has 0 aromatic carbocycles. The summed E-state index contributed by atoms with van der Waals surface area (Å²) in [6.45, 7) is 5.93. The molecule has 17 heavy (non-hydrogen) atoms. The maximum atomic E-state index is 11.9. The van der Waals surface area contributed by atoms with Crippen LogP contribution < -0.4 is 10.0 Å². The van der Waals surface area contributed by atoms with E-state index in [9.17, 15) is 8.42 Å². The van der Waals surface area contributed by atoms with Crippen molar-refractivity contribution in [2.45, 2.75) is 11.7 Å². The lowest BCUT2D eigenvalue weighted by atomic mass is 10.4. The first-order chi connectivity index (χ1) is 8.18. The van der Waals surface area contributed by atoms with Gasteiger partial charge in [-0.2, -0.15) is 0 Å². The Morgan fingerprint density at radius 3 is 2.76 bits per heavy atom. The Kier molecular flexibility index (Phi) is 4.75. The first-order valence-corrected chi connectivity index (χ1v) is 7.72. The summed E-state index contributed by atoms with van der Waals surface area (Å²) < 4.78 is 31.7. The maximum Gasteiger partial charge on any atom is 0.215 e. The van der Waals surface area contributed by atoms with E-state index in [0.717, 1.165) is 39.4 Å². The summed E-state index contributed by atoms with van der Waals surface area (Å²) in [5.74, 6) is 0. The molecule has 7 heteroatoms. The van der Waals surface area contributed by atoms with Crippen LogP contribution in [0.25, 0.3) is 0 Å². The highest BCUT2D eigenvalue weighted by Gasteiger charge is 2.28. The molecular formula is C10H21N3O3S. The number of hydrogen-bond acceptors (Lipinski definition) is 5. The molecule has 1 atom stereocenters. The number of morpholine rings is 1. The zero-order valence-electron chi connectivity index (χ0n) is 10.0. The molecule has 2 heterocycles. The fourth-order valence-corrected chi connectivity index (χ4v) is 3.56. The largest absolute Gasteiger partial charge is 0.379 e. The van der Waals surface area contributed by atoms with Crippen LogP contribution in [-0.4, -0.2) is 71.0 Å². The minimum Gasteiger partial charge on any atom is -0.379 e. The Morgan fingerprint density at radius 2 is 2.12 bits per heavy atom. The van der Waals surface area contributed by atoms with Crippen LogP contribution in [0.2, 0.25) is 0 Å². The zero-order valence-corrected chi connectivity index (χ0v) is 10.8. The van der Waals surface area contributed by atoms with E-state index in [4.69, 9.17) is 4.74 Å². The fraction of sp³-hybridized carbons (Fsp3) is 1.00. The zero-order chi connectivity index (χ0) is 12.1. The van der Waals surface area contributed by atoms with E-state index < -0.39 is 10.0 Å². The number of nitrogens with zero attached hydrogens (tertiary/aromatic N) is 1. The van der Waals surface area contributed by atoms with Gasteiger partial charge in [0, 0.05) is 32.7 Å². The average Bonchev–Trinajstić information content (AvgIpc) is 2.84. The van der Waals surface area contributed by atoms with Gasteiger partial charge < -0.3 is 10.1 Å². The van der Waals surface area contributed by atoms with Crippen LogP contribution in [-0.2, 0) is 14.8 Å². The van der Waals surface area contributed by atoms with Gasteiger partial charge in [-0.3, -0.25) is 4.90 Å². The van der Waals surface area contributed by atoms with E-state index in [-0.39, 0.29) is 5.25 Å². The molecule has 0 aromatic rings. The molecule has 0 bridgehead atoms. The van der Waals surface area contributed by atoms with Gasteiger partial charge in [0.25, 0.3) is 0 Å². The second-order valence-corrected chi connectivity index (χ2v) is 6.55. The SMILES string of the molecule is O=S(=O)(NCCN1CCOCC1)C1CCNC1. The number of nitrogens with one attached hydrogen (secondary N) is 2. The first-order valence-electron chi connectivity index (χ1n) is 6.18. The van der Waals surface area contributed by atoms with E-state index in [1.165, 1.54) is 0 Å². The van der Waals surface area contributed by atoms with E-state index in [1.54, 1.807) is 0 Å². The topological polar surface area (TPSA) is 70.7 Å². The maximum absolute atomic E-state index is 11.9. The third-order valence-corrected chi connectivity index (χ3v) is 5.18. The number of hydrogen-bond donors (Lipinski definition) is 2. The lowest BCUT2D eigenvalue weighted by molar-refractivity contribution is 0.0390. The molecule has 0 aromatic heterocycles. The van der Waals surface area contributed by atoms with Crippen LogP contribution in [0.3, 0.4) is 0 Å². The second-order valence-electron chi connectivity index (χ2n) is 4.51. The van der Waals surface area contributed by atoms with Crippen molar-refractivity contribution in [1.82, 2.24) is 14.9 Å². The van der Waals surface area contributed by atoms with E-state index in [0.29, 0.717) is 19.5 Å². The van der Waals surface area contributed by atoms with Crippen molar-refractivity contribution in [2.75, 3.05) is 52.5 Å². The first kappa shape index (κ1) is 13.2. The van der Waals surface area contributed by atoms with Gasteiger partial charge in [-0.15, -0.1) is 0 Å². The summed E-state index contributed by atoms with van der Waals surface area (Å²) in [6.07, 6.45) is 0.715. The quantitative estimate of drug-likeness (QED) is 0.638. The summed E-state index contributed by atoms with van der Waals surface area (Å²) in [4.78, 5) is 2.22. The minimum absolute atomic E-state index is 0.257. The summed E-state index contributed by atoms with van der Waals surface area (Å²) in [7, 11) is -3.13. The molecule has 6 nitrogen and oxygen atoms in total. The summed E-state index contributed by atoms with van der Waals surface area (Å²) in [6, 6.07) is 0. The van der Waals surface area contributed by atoms with Gasteiger partial charge >= 0.3 is 0 Å². The van der Waals surface area contributed by atoms with Crippen molar-refractivity contribution in [3.63, 3.8) is 0 Å². The van der Waals surface area contributed by atoms with Gasteiger partial charge in [0.1, 0.15) is 0 Å². The lowest BCUT2D eigenvalue weighted by Crippen LogP contribution is -2.43. The summed E-state index contributed by atoms with van der Waals surface area (Å²) in [5.41, 5.74) is 0. The second kappa shape index (κ2) is 6.10. The van der Waals surface area contributed by atoms with Crippen molar-refractivity contribution in [2.24, 2.45) is 0 Å². The van der Waals surface area contributed by atoms with Gasteiger partial charge in [-0.1, -0.05) is 0 Å². The third-order valence-electron chi connectivity index (χ3n) is 3.29. The van der Waals surface area contributed by atoms with Crippen LogP contribution in [0.15, 0.2) is 0 Å². The Morgan fingerprint density at radius 1 is 1.35 bits per heavy atom. The molecule has 2 aliphatic rings. The molecule has 2 aliphatic heterocycles. The molecule has 0 amide bonds. The van der Waals surface area contributed by atoms with E-state index >= 15 is 0 Å². The van der Waals surface area contributed by atoms with Crippen molar-refractivity contribution < 1.29 is 13.2 Å². The predicted molar refractivity (Wildman–Crippen MR) is 65.5 cm³/mol. The van der Waals surface area contributed by atoms with Crippen molar-refractivity contribution in [3.8, 4) is 0 Å². The summed E-state index contributed by atoms with van der Waals surface area (Å²) in [5, 5.41) is 2.81. The van der Waals surface area contributed by atoms with Crippen LogP contribution in [0.4, 0.5) is 0 Å². The van der Waals surface area contributed by atoms with Gasteiger partial charge in [0.15, 0.2) is 0 Å². The molecular weight excluding hydrogens is 242 g/mol. The highest BCUT2D eigenvalue weighted by atomic mass is 32.2. The Balaban J connectivity index is 1.69. The standard InChI is InChI=1S/C10H21N3O3S/c14-17(15,10-1-2-11-9-10)12-3-4-13-5-7-16-8-6-13/h10-12H,1-9H2. The van der Waals surface area contributed by atoms with Gasteiger partial charge in [-0.05, 0) is 13.0 Å². The van der Waals surface area contributed by atoms with Crippen LogP contribution in [0.5, 0.6) is 0 Å². The molecule has 2 rings (SSSR count). The highest BCUT2D eigenvalue weighted by Crippen LogP contribution is 2.07. The molecule has 0 aliphatic carbocycles.